The van der Waals surface area contributed by atoms with Crippen LogP contribution in [0.2, 0.25) is 0 Å². The van der Waals surface area contributed by atoms with E-state index in [0.29, 0.717) is 17.1 Å². The summed E-state index contributed by atoms with van der Waals surface area (Å²) in [6.07, 6.45) is 5.90. The van der Waals surface area contributed by atoms with Crippen LogP contribution >= 0.6 is 0 Å². The number of nitrogens with zero attached hydrogens (tertiary/aromatic N) is 2. The number of halogens is 3. The minimum atomic E-state index is -0.914. The van der Waals surface area contributed by atoms with Gasteiger partial charge in [-0.05, 0) is 43.6 Å². The van der Waals surface area contributed by atoms with Crippen molar-refractivity contribution in [1.82, 2.24) is 15.0 Å². The van der Waals surface area contributed by atoms with Crippen LogP contribution in [0.1, 0.15) is 25.7 Å². The van der Waals surface area contributed by atoms with Crippen molar-refractivity contribution in [2.24, 2.45) is 17.8 Å². The monoisotopic (exact) mass is 416 g/mol. The number of hydrogen-bond donors (Lipinski definition) is 3. The summed E-state index contributed by atoms with van der Waals surface area (Å²) in [6, 6.07) is 1.44. The molecule has 3 N–H and O–H groups in total. The van der Waals surface area contributed by atoms with Gasteiger partial charge in [-0.25, -0.2) is 23.1 Å². The topological polar surface area (TPSA) is 90.9 Å². The smallest absolute Gasteiger partial charge is 0.308 e. The Hall–Kier alpha value is -3.10. The van der Waals surface area contributed by atoms with E-state index in [0.717, 1.165) is 31.9 Å². The Morgan fingerprint density at radius 3 is 2.57 bits per heavy atom. The highest BCUT2D eigenvalue weighted by molar-refractivity contribution is 5.92. The fraction of sp³-hybridized carbons (Fsp3) is 0.381. The first-order chi connectivity index (χ1) is 14.4. The number of aromatic amines is 1. The van der Waals surface area contributed by atoms with Crippen LogP contribution in [0.4, 0.5) is 19.0 Å². The van der Waals surface area contributed by atoms with Gasteiger partial charge in [-0.15, -0.1) is 0 Å². The van der Waals surface area contributed by atoms with Gasteiger partial charge in [0.25, 0.3) is 0 Å². The first-order valence-electron chi connectivity index (χ1n) is 9.90. The number of carboxylic acids is 1. The third-order valence-electron chi connectivity index (χ3n) is 6.49. The van der Waals surface area contributed by atoms with Crippen LogP contribution < -0.4 is 5.32 Å². The second-order valence-corrected chi connectivity index (χ2v) is 8.11. The van der Waals surface area contributed by atoms with Crippen molar-refractivity contribution in [3.63, 3.8) is 0 Å². The van der Waals surface area contributed by atoms with Gasteiger partial charge in [-0.1, -0.05) is 0 Å². The summed E-state index contributed by atoms with van der Waals surface area (Å²) in [5.41, 5.74) is 0.435. The summed E-state index contributed by atoms with van der Waals surface area (Å²) in [5, 5.41) is 13.0. The molecule has 3 aliphatic rings. The fourth-order valence-electron chi connectivity index (χ4n) is 5.10. The normalized spacial score (nSPS) is 25.6. The van der Waals surface area contributed by atoms with E-state index in [1.54, 1.807) is 0 Å². The molecule has 6 nitrogen and oxygen atoms in total. The molecule has 0 spiro atoms. The molecule has 3 aliphatic carbocycles. The highest BCUT2D eigenvalue weighted by Gasteiger charge is 2.47. The van der Waals surface area contributed by atoms with Crippen molar-refractivity contribution in [1.29, 1.82) is 0 Å². The lowest BCUT2D eigenvalue weighted by molar-refractivity contribution is -0.148. The van der Waals surface area contributed by atoms with Crippen molar-refractivity contribution in [3.8, 4) is 11.3 Å². The van der Waals surface area contributed by atoms with Crippen LogP contribution in [-0.4, -0.2) is 32.1 Å². The van der Waals surface area contributed by atoms with Crippen molar-refractivity contribution < 1.29 is 23.1 Å². The second kappa shape index (κ2) is 7.00. The molecule has 3 fully saturated rings. The molecule has 0 radical (unpaired) electrons. The molecule has 3 heterocycles. The highest BCUT2D eigenvalue weighted by atomic mass is 19.1. The SMILES string of the molecule is O=C(O)[C@H]1C2CCC(CC2)C1Nc1nc(-c2c[nH]c3ncc(F)cc23)c(F)cc1F. The summed E-state index contributed by atoms with van der Waals surface area (Å²) in [6.45, 7) is 0. The van der Waals surface area contributed by atoms with Crippen molar-refractivity contribution in [2.75, 3.05) is 5.32 Å². The highest BCUT2D eigenvalue weighted by Crippen LogP contribution is 2.46. The first-order valence-corrected chi connectivity index (χ1v) is 9.90. The molecule has 3 aromatic heterocycles. The van der Waals surface area contributed by atoms with Crippen LogP contribution in [0.3, 0.4) is 0 Å². The maximum absolute atomic E-state index is 14.6. The van der Waals surface area contributed by atoms with E-state index in [1.807, 2.05) is 0 Å². The number of nitrogens with one attached hydrogen (secondary N) is 2. The van der Waals surface area contributed by atoms with Crippen LogP contribution in [-0.2, 0) is 4.79 Å². The molecule has 0 aromatic carbocycles. The van der Waals surface area contributed by atoms with E-state index in [-0.39, 0.29) is 28.9 Å². The number of aliphatic carboxylic acids is 1. The number of anilines is 1. The summed E-state index contributed by atoms with van der Waals surface area (Å²) in [7, 11) is 0. The summed E-state index contributed by atoms with van der Waals surface area (Å²) >= 11 is 0. The van der Waals surface area contributed by atoms with Gasteiger partial charge in [-0.3, -0.25) is 4.79 Å². The predicted molar refractivity (Wildman–Crippen MR) is 103 cm³/mol. The van der Waals surface area contributed by atoms with Gasteiger partial charge in [0, 0.05) is 29.3 Å². The minimum absolute atomic E-state index is 0.0376. The van der Waals surface area contributed by atoms with E-state index >= 15 is 0 Å². The van der Waals surface area contributed by atoms with Gasteiger partial charge in [0.2, 0.25) is 0 Å². The van der Waals surface area contributed by atoms with E-state index in [9.17, 15) is 23.1 Å². The second-order valence-electron chi connectivity index (χ2n) is 8.11. The van der Waals surface area contributed by atoms with Gasteiger partial charge in [0.05, 0.1) is 12.1 Å². The number of hydrogen-bond acceptors (Lipinski definition) is 4. The molecule has 6 rings (SSSR count). The molecule has 0 aliphatic heterocycles. The zero-order valence-corrected chi connectivity index (χ0v) is 15.8. The Balaban J connectivity index is 1.55. The van der Waals surface area contributed by atoms with E-state index < -0.39 is 35.4 Å². The molecule has 0 amide bonds. The molecule has 0 saturated heterocycles. The van der Waals surface area contributed by atoms with E-state index in [2.05, 4.69) is 20.3 Å². The Morgan fingerprint density at radius 2 is 1.83 bits per heavy atom. The lowest BCUT2D eigenvalue weighted by Crippen LogP contribution is -2.51. The van der Waals surface area contributed by atoms with Crippen molar-refractivity contribution >= 4 is 22.8 Å². The Morgan fingerprint density at radius 1 is 1.10 bits per heavy atom. The van der Waals surface area contributed by atoms with Crippen LogP contribution in [0.25, 0.3) is 22.3 Å². The quantitative estimate of drug-likeness (QED) is 0.589. The summed E-state index contributed by atoms with van der Waals surface area (Å²) < 4.78 is 42.8. The summed E-state index contributed by atoms with van der Waals surface area (Å²) in [4.78, 5) is 22.7. The van der Waals surface area contributed by atoms with E-state index in [1.165, 1.54) is 12.3 Å². The molecule has 3 aromatic rings. The van der Waals surface area contributed by atoms with Gasteiger partial charge >= 0.3 is 5.97 Å². The average molecular weight is 416 g/mol. The first kappa shape index (κ1) is 18.9. The van der Waals surface area contributed by atoms with E-state index in [4.69, 9.17) is 0 Å². The molecule has 156 valence electrons. The molecular formula is C21H19F3N4O2. The lowest BCUT2D eigenvalue weighted by Gasteiger charge is -2.47. The van der Waals surface area contributed by atoms with Crippen LogP contribution in [0.5, 0.6) is 0 Å². The largest absolute Gasteiger partial charge is 0.481 e. The van der Waals surface area contributed by atoms with Gasteiger partial charge in [-0.2, -0.15) is 0 Å². The molecule has 30 heavy (non-hydrogen) atoms. The van der Waals surface area contributed by atoms with Gasteiger partial charge < -0.3 is 15.4 Å². The molecule has 2 atom stereocenters. The molecular weight excluding hydrogens is 397 g/mol. The number of H-pyrrole nitrogens is 1. The zero-order chi connectivity index (χ0) is 21.0. The maximum Gasteiger partial charge on any atom is 0.308 e. The van der Waals surface area contributed by atoms with Gasteiger partial charge in [0.1, 0.15) is 17.2 Å². The average Bonchev–Trinajstić information content (AvgIpc) is 3.13. The van der Waals surface area contributed by atoms with Gasteiger partial charge in [0.15, 0.2) is 17.5 Å². The van der Waals surface area contributed by atoms with Crippen LogP contribution in [0, 0.1) is 35.2 Å². The Labute approximate surface area is 169 Å². The maximum atomic E-state index is 14.6. The fourth-order valence-corrected chi connectivity index (χ4v) is 5.10. The lowest BCUT2D eigenvalue weighted by atomic mass is 9.61. The number of carboxylic acid groups (broad SMARTS) is 1. The summed E-state index contributed by atoms with van der Waals surface area (Å²) in [5.74, 6) is -4.01. The van der Waals surface area contributed by atoms with Crippen LogP contribution in [0.15, 0.2) is 24.5 Å². The molecule has 3 saturated carbocycles. The molecule has 2 bridgehead atoms. The van der Waals surface area contributed by atoms with Crippen molar-refractivity contribution in [2.45, 2.75) is 31.7 Å². The number of carbonyl (C=O) groups is 1. The number of fused-ring (bicyclic) bond motifs is 4. The number of rotatable bonds is 4. The Bertz CT molecular complexity index is 1140. The third kappa shape index (κ3) is 3.00. The number of aromatic nitrogens is 3. The predicted octanol–water partition coefficient (Wildman–Crippen LogP) is 4.34. The molecule has 9 heteroatoms. The minimum Gasteiger partial charge on any atom is -0.481 e. The van der Waals surface area contributed by atoms with Crippen molar-refractivity contribution in [3.05, 3.63) is 42.0 Å². The third-order valence-corrected chi connectivity index (χ3v) is 6.49. The number of pyridine rings is 2. The standard InChI is InChI=1S/C21H19F3N4O2/c22-11-5-12-13(8-26-19(12)25-7-11)18-14(23)6-15(24)20(28-18)27-17-10-3-1-9(2-4-10)16(17)21(29)30/h5-10,16-17H,1-4H2,(H,25,26)(H,27,28)(H,29,30)/t9?,10?,16-,17?/m0/s1. The Kier molecular flexibility index (Phi) is 4.41. The zero-order valence-electron chi connectivity index (χ0n) is 15.8. The molecule has 1 unspecified atom stereocenters.